The van der Waals surface area contributed by atoms with Gasteiger partial charge < -0.3 is 4.48 Å². The molecule has 0 radical (unpaired) electrons. The summed E-state index contributed by atoms with van der Waals surface area (Å²) in [7, 11) is 2.41. The normalized spacial score (nSPS) is 16.2. The van der Waals surface area contributed by atoms with Crippen LogP contribution in [0.15, 0.2) is 0 Å². The molecule has 1 aliphatic rings. The van der Waals surface area contributed by atoms with Crippen molar-refractivity contribution in [3.63, 3.8) is 0 Å². The molecule has 0 saturated carbocycles. The van der Waals surface area contributed by atoms with Gasteiger partial charge in [-0.3, -0.25) is 0 Å². The third-order valence-corrected chi connectivity index (χ3v) is 3.08. The van der Waals surface area contributed by atoms with Gasteiger partial charge in [0, 0.05) is 12.8 Å². The lowest BCUT2D eigenvalue weighted by atomic mass is 10.2. The molecule has 4 nitrogen and oxygen atoms in total. The molecule has 0 N–H and O–H groups in total. The fourth-order valence-electron chi connectivity index (χ4n) is 1.95. The Hall–Kier alpha value is -1.57. The molecule has 1 heterocycles. The molecule has 17 heavy (non-hydrogen) atoms. The van der Waals surface area contributed by atoms with E-state index in [2.05, 4.69) is 14.0 Å². The second-order valence-electron chi connectivity index (χ2n) is 4.67. The largest absolute Gasteiger partial charge is 0.326 e. The van der Waals surface area contributed by atoms with Crippen molar-refractivity contribution in [2.75, 3.05) is 26.7 Å². The van der Waals surface area contributed by atoms with E-state index in [0.717, 1.165) is 0 Å². The lowest BCUT2D eigenvalue weighted by Crippen LogP contribution is -2.41. The summed E-state index contributed by atoms with van der Waals surface area (Å²) in [5.74, 6) is -1.10. The molecule has 0 aromatic heterocycles. The van der Waals surface area contributed by atoms with Gasteiger partial charge in [-0.25, -0.2) is 0 Å². The lowest BCUT2D eigenvalue weighted by molar-refractivity contribution is -0.897. The summed E-state index contributed by atoms with van der Waals surface area (Å²) < 4.78 is 1.36. The maximum Gasteiger partial charge on any atom is 0.218 e. The van der Waals surface area contributed by atoms with Crippen LogP contribution in [0.25, 0.3) is 0 Å². The van der Waals surface area contributed by atoms with E-state index >= 15 is 0 Å². The zero-order valence-electron chi connectivity index (χ0n) is 10.8. The zero-order chi connectivity index (χ0) is 13.1. The Kier molecular flexibility index (Phi) is 7.78. The molecule has 0 aliphatic carbocycles. The first-order valence-electron chi connectivity index (χ1n) is 6.14. The number of likely N-dealkylation sites (tertiary alicyclic amines) is 1. The number of nitriles is 3. The number of unbranched alkanes of at least 4 members (excludes halogenated alkanes) is 1. The second-order valence-corrected chi connectivity index (χ2v) is 4.67. The van der Waals surface area contributed by atoms with Crippen molar-refractivity contribution in [1.82, 2.24) is 0 Å². The van der Waals surface area contributed by atoms with Crippen LogP contribution in [0.4, 0.5) is 0 Å². The van der Waals surface area contributed by atoms with Gasteiger partial charge in [0.15, 0.2) is 0 Å². The molecule has 92 valence electrons. The van der Waals surface area contributed by atoms with Gasteiger partial charge in [0.05, 0.1) is 44.9 Å². The van der Waals surface area contributed by atoms with Crippen LogP contribution >= 0.6 is 0 Å². The van der Waals surface area contributed by atoms with Crippen molar-refractivity contribution < 1.29 is 4.48 Å². The zero-order valence-corrected chi connectivity index (χ0v) is 10.8. The maximum atomic E-state index is 7.83. The highest BCUT2D eigenvalue weighted by Gasteiger charge is 2.25. The van der Waals surface area contributed by atoms with Crippen molar-refractivity contribution in [2.24, 2.45) is 5.92 Å². The average Bonchev–Trinajstić information content (AvgIpc) is 2.77. The smallest absolute Gasteiger partial charge is 0.218 e. The molecular formula is C13H21N4+. The Labute approximate surface area is 104 Å². The Morgan fingerprint density at radius 1 is 1.06 bits per heavy atom. The molecule has 4 heteroatoms. The van der Waals surface area contributed by atoms with Crippen LogP contribution in [0, 0.1) is 39.9 Å². The standard InChI is InChI=1S/C9H20N.C4HN3/c1-3-4-7-10(2)8-5-6-9-10;5-1-4(2-6)3-7/h3-9H2,1-2H3;4H/q+1;. The second kappa shape index (κ2) is 8.57. The van der Waals surface area contributed by atoms with Gasteiger partial charge in [-0.05, 0) is 6.42 Å². The Bertz CT molecular complexity index is 290. The Morgan fingerprint density at radius 3 is 1.82 bits per heavy atom. The monoisotopic (exact) mass is 233 g/mol. The van der Waals surface area contributed by atoms with E-state index < -0.39 is 5.92 Å². The number of rotatable bonds is 3. The van der Waals surface area contributed by atoms with Crippen LogP contribution in [0.1, 0.15) is 32.6 Å². The average molecular weight is 233 g/mol. The molecule has 0 aromatic rings. The van der Waals surface area contributed by atoms with Gasteiger partial charge >= 0.3 is 0 Å². The molecule has 0 unspecified atom stereocenters. The molecule has 1 aliphatic heterocycles. The number of nitrogens with zero attached hydrogens (tertiary/aromatic N) is 4. The lowest BCUT2D eigenvalue weighted by Gasteiger charge is -2.28. The van der Waals surface area contributed by atoms with Gasteiger partial charge in [0.1, 0.15) is 0 Å². The Morgan fingerprint density at radius 2 is 1.53 bits per heavy atom. The highest BCUT2D eigenvalue weighted by molar-refractivity contribution is 5.11. The molecule has 1 saturated heterocycles. The van der Waals surface area contributed by atoms with Gasteiger partial charge in [-0.2, -0.15) is 15.8 Å². The summed E-state index contributed by atoms with van der Waals surface area (Å²) in [5, 5.41) is 23.5. The van der Waals surface area contributed by atoms with Crippen molar-refractivity contribution in [3.8, 4) is 18.2 Å². The predicted octanol–water partition coefficient (Wildman–Crippen LogP) is 2.20. The first-order valence-corrected chi connectivity index (χ1v) is 6.14. The summed E-state index contributed by atoms with van der Waals surface area (Å²) >= 11 is 0. The first-order chi connectivity index (χ1) is 8.11. The topological polar surface area (TPSA) is 71.4 Å². The van der Waals surface area contributed by atoms with E-state index in [1.807, 2.05) is 0 Å². The van der Waals surface area contributed by atoms with E-state index in [0.29, 0.717) is 0 Å². The van der Waals surface area contributed by atoms with Crippen LogP contribution in [0.2, 0.25) is 0 Å². The Balaban J connectivity index is 0.000000325. The van der Waals surface area contributed by atoms with Crippen LogP contribution in [-0.4, -0.2) is 31.2 Å². The molecule has 1 fully saturated rings. The summed E-state index contributed by atoms with van der Waals surface area (Å²) in [4.78, 5) is 0. The summed E-state index contributed by atoms with van der Waals surface area (Å²) in [5.41, 5.74) is 0. The number of quaternary nitrogens is 1. The summed E-state index contributed by atoms with van der Waals surface area (Å²) in [6.45, 7) is 6.55. The minimum absolute atomic E-state index is 1.10. The van der Waals surface area contributed by atoms with Gasteiger partial charge in [0.2, 0.25) is 5.92 Å². The van der Waals surface area contributed by atoms with Gasteiger partial charge in [-0.1, -0.05) is 13.3 Å². The minimum atomic E-state index is -1.10. The number of hydrogen-bond acceptors (Lipinski definition) is 3. The molecule has 0 atom stereocenters. The van der Waals surface area contributed by atoms with Crippen LogP contribution in [0.5, 0.6) is 0 Å². The van der Waals surface area contributed by atoms with E-state index in [9.17, 15) is 0 Å². The SMILES string of the molecule is CCCC[N+]1(C)CCCC1.N#CC(C#N)C#N. The molecule has 0 aromatic carbocycles. The van der Waals surface area contributed by atoms with E-state index in [4.69, 9.17) is 15.8 Å². The molecule has 0 amide bonds. The predicted molar refractivity (Wildman–Crippen MR) is 65.3 cm³/mol. The van der Waals surface area contributed by atoms with Gasteiger partial charge in [0.25, 0.3) is 0 Å². The molecule has 1 rings (SSSR count). The fraction of sp³-hybridized carbons (Fsp3) is 0.769. The van der Waals surface area contributed by atoms with Gasteiger partial charge in [-0.15, -0.1) is 0 Å². The highest BCUT2D eigenvalue weighted by Crippen LogP contribution is 2.16. The van der Waals surface area contributed by atoms with Crippen molar-refractivity contribution in [1.29, 1.82) is 15.8 Å². The highest BCUT2D eigenvalue weighted by atomic mass is 15.3. The molecular weight excluding hydrogens is 212 g/mol. The third kappa shape index (κ3) is 6.56. The third-order valence-electron chi connectivity index (χ3n) is 3.08. The van der Waals surface area contributed by atoms with Crippen LogP contribution in [-0.2, 0) is 0 Å². The molecule has 0 bridgehead atoms. The first kappa shape index (κ1) is 15.4. The van der Waals surface area contributed by atoms with Crippen LogP contribution < -0.4 is 0 Å². The minimum Gasteiger partial charge on any atom is -0.326 e. The van der Waals surface area contributed by atoms with Crippen molar-refractivity contribution >= 4 is 0 Å². The quantitative estimate of drug-likeness (QED) is 0.701. The molecule has 0 spiro atoms. The summed E-state index contributed by atoms with van der Waals surface area (Å²) in [6.07, 6.45) is 5.69. The number of hydrogen-bond donors (Lipinski definition) is 0. The fourth-order valence-corrected chi connectivity index (χ4v) is 1.95. The van der Waals surface area contributed by atoms with E-state index in [-0.39, 0.29) is 0 Å². The summed E-state index contributed by atoms with van der Waals surface area (Å²) in [6, 6.07) is 4.44. The van der Waals surface area contributed by atoms with Crippen LogP contribution in [0.3, 0.4) is 0 Å². The maximum absolute atomic E-state index is 7.83. The van der Waals surface area contributed by atoms with Crippen molar-refractivity contribution in [2.45, 2.75) is 32.6 Å². The van der Waals surface area contributed by atoms with E-state index in [1.165, 1.54) is 68.0 Å². The van der Waals surface area contributed by atoms with Crippen molar-refractivity contribution in [3.05, 3.63) is 0 Å². The van der Waals surface area contributed by atoms with E-state index in [1.54, 1.807) is 0 Å².